The molecular weight excluding hydrogens is 254 g/mol. The van der Waals surface area contributed by atoms with Crippen LogP contribution < -0.4 is 0 Å². The molecule has 0 aliphatic carbocycles. The van der Waals surface area contributed by atoms with E-state index >= 15 is 0 Å². The number of thiophene rings is 1. The molecule has 0 N–H and O–H groups in total. The summed E-state index contributed by atoms with van der Waals surface area (Å²) < 4.78 is 1.20. The zero-order chi connectivity index (χ0) is 12.8. The highest BCUT2D eigenvalue weighted by molar-refractivity contribution is 7.20. The molecule has 2 nitrogen and oxygen atoms in total. The van der Waals surface area contributed by atoms with Gasteiger partial charge in [0.15, 0.2) is 0 Å². The number of nitrogens with zero attached hydrogens (tertiary/aromatic N) is 1. The van der Waals surface area contributed by atoms with E-state index in [-0.39, 0.29) is 5.91 Å². The molecule has 1 fully saturated rings. The van der Waals surface area contributed by atoms with Gasteiger partial charge in [-0.1, -0.05) is 30.4 Å². The number of benzene rings is 1. The third kappa shape index (κ3) is 1.72. The highest BCUT2D eigenvalue weighted by Gasteiger charge is 2.37. The van der Waals surface area contributed by atoms with Crippen LogP contribution in [0, 0.1) is 0 Å². The SMILES string of the molecule is O=C(c1cc2ccccc2s1)N1[C@H]2CC=C[C@H]1CC2. The minimum Gasteiger partial charge on any atom is -0.328 e. The van der Waals surface area contributed by atoms with Gasteiger partial charge in [-0.2, -0.15) is 0 Å². The van der Waals surface area contributed by atoms with Crippen molar-refractivity contribution >= 4 is 27.3 Å². The van der Waals surface area contributed by atoms with Crippen LogP contribution in [0.3, 0.4) is 0 Å². The van der Waals surface area contributed by atoms with E-state index in [4.69, 9.17) is 0 Å². The van der Waals surface area contributed by atoms with Crippen molar-refractivity contribution in [2.45, 2.75) is 31.3 Å². The minimum atomic E-state index is 0.220. The maximum absolute atomic E-state index is 12.7. The van der Waals surface area contributed by atoms with Crippen molar-refractivity contribution in [3.8, 4) is 0 Å². The monoisotopic (exact) mass is 269 g/mol. The molecule has 0 saturated carbocycles. The molecule has 2 aliphatic rings. The molecule has 0 unspecified atom stereocenters. The third-order valence-electron chi connectivity index (χ3n) is 4.18. The highest BCUT2D eigenvalue weighted by Crippen LogP contribution is 2.35. The topological polar surface area (TPSA) is 20.3 Å². The Hall–Kier alpha value is -1.61. The molecule has 3 heteroatoms. The molecule has 1 aromatic heterocycles. The van der Waals surface area contributed by atoms with Gasteiger partial charge in [-0.3, -0.25) is 4.79 Å². The largest absolute Gasteiger partial charge is 0.328 e. The van der Waals surface area contributed by atoms with Gasteiger partial charge >= 0.3 is 0 Å². The van der Waals surface area contributed by atoms with Gasteiger partial charge in [0.25, 0.3) is 5.91 Å². The van der Waals surface area contributed by atoms with Gasteiger partial charge in [0.05, 0.1) is 10.9 Å². The van der Waals surface area contributed by atoms with Crippen molar-refractivity contribution in [1.29, 1.82) is 0 Å². The van der Waals surface area contributed by atoms with Crippen molar-refractivity contribution in [2.24, 2.45) is 0 Å². The fourth-order valence-electron chi connectivity index (χ4n) is 3.26. The van der Waals surface area contributed by atoms with Gasteiger partial charge in [-0.25, -0.2) is 0 Å². The molecule has 4 rings (SSSR count). The van der Waals surface area contributed by atoms with Crippen molar-refractivity contribution in [2.75, 3.05) is 0 Å². The number of hydrogen-bond acceptors (Lipinski definition) is 2. The van der Waals surface area contributed by atoms with E-state index in [9.17, 15) is 4.79 Å². The molecule has 2 bridgehead atoms. The second kappa shape index (κ2) is 4.20. The third-order valence-corrected chi connectivity index (χ3v) is 5.29. The molecule has 1 aromatic carbocycles. The predicted octanol–water partition coefficient (Wildman–Crippen LogP) is 3.83. The highest BCUT2D eigenvalue weighted by atomic mass is 32.1. The van der Waals surface area contributed by atoms with E-state index in [2.05, 4.69) is 29.2 Å². The van der Waals surface area contributed by atoms with Gasteiger partial charge in [-0.05, 0) is 36.8 Å². The zero-order valence-corrected chi connectivity index (χ0v) is 11.4. The smallest absolute Gasteiger partial charge is 0.264 e. The summed E-state index contributed by atoms with van der Waals surface area (Å²) >= 11 is 1.62. The van der Waals surface area contributed by atoms with Crippen LogP contribution in [-0.4, -0.2) is 22.9 Å². The van der Waals surface area contributed by atoms with E-state index in [0.717, 1.165) is 24.1 Å². The second-order valence-corrected chi connectivity index (χ2v) is 6.41. The Morgan fingerprint density at radius 1 is 1.26 bits per heavy atom. The molecule has 2 aliphatic heterocycles. The Labute approximate surface area is 116 Å². The first-order valence-corrected chi connectivity index (χ1v) is 7.62. The van der Waals surface area contributed by atoms with E-state index in [1.54, 1.807) is 11.3 Å². The summed E-state index contributed by atoms with van der Waals surface area (Å²) in [6, 6.07) is 11.0. The molecule has 96 valence electrons. The molecule has 19 heavy (non-hydrogen) atoms. The Morgan fingerprint density at radius 3 is 3.00 bits per heavy atom. The quantitative estimate of drug-likeness (QED) is 0.720. The van der Waals surface area contributed by atoms with E-state index in [1.807, 2.05) is 18.2 Å². The molecule has 3 heterocycles. The van der Waals surface area contributed by atoms with Crippen LogP contribution in [0.15, 0.2) is 42.5 Å². The van der Waals surface area contributed by atoms with Gasteiger partial charge in [0, 0.05) is 10.7 Å². The van der Waals surface area contributed by atoms with Crippen LogP contribution in [0.2, 0.25) is 0 Å². The average Bonchev–Trinajstić information content (AvgIpc) is 2.97. The summed E-state index contributed by atoms with van der Waals surface area (Å²) in [5.41, 5.74) is 0. The lowest BCUT2D eigenvalue weighted by Crippen LogP contribution is -2.41. The molecule has 1 amide bonds. The van der Waals surface area contributed by atoms with Crippen molar-refractivity contribution < 1.29 is 4.79 Å². The van der Waals surface area contributed by atoms with Crippen molar-refractivity contribution in [1.82, 2.24) is 4.90 Å². The number of hydrogen-bond donors (Lipinski definition) is 0. The first-order chi connectivity index (χ1) is 9.33. The lowest BCUT2D eigenvalue weighted by Gasteiger charge is -2.31. The van der Waals surface area contributed by atoms with E-state index < -0.39 is 0 Å². The molecular formula is C16H15NOS. The molecule has 2 aromatic rings. The van der Waals surface area contributed by atoms with Crippen LogP contribution in [0.5, 0.6) is 0 Å². The van der Waals surface area contributed by atoms with Crippen LogP contribution in [-0.2, 0) is 0 Å². The average molecular weight is 269 g/mol. The summed E-state index contributed by atoms with van der Waals surface area (Å²) in [6.45, 7) is 0. The maximum Gasteiger partial charge on any atom is 0.264 e. The van der Waals surface area contributed by atoms with E-state index in [0.29, 0.717) is 12.1 Å². The van der Waals surface area contributed by atoms with Gasteiger partial charge in [0.1, 0.15) is 0 Å². The fourth-order valence-corrected chi connectivity index (χ4v) is 4.26. The summed E-state index contributed by atoms with van der Waals surface area (Å²) in [7, 11) is 0. The molecule has 1 saturated heterocycles. The molecule has 0 spiro atoms. The van der Waals surface area contributed by atoms with E-state index in [1.165, 1.54) is 10.1 Å². The van der Waals surface area contributed by atoms with Crippen LogP contribution in [0.25, 0.3) is 10.1 Å². The molecule has 2 atom stereocenters. The fraction of sp³-hybridized carbons (Fsp3) is 0.312. The van der Waals surface area contributed by atoms with Crippen LogP contribution in [0.1, 0.15) is 28.9 Å². The predicted molar refractivity (Wildman–Crippen MR) is 78.6 cm³/mol. The number of rotatable bonds is 1. The Kier molecular flexibility index (Phi) is 2.49. The van der Waals surface area contributed by atoms with Crippen molar-refractivity contribution in [3.05, 3.63) is 47.4 Å². The second-order valence-electron chi connectivity index (χ2n) is 5.32. The minimum absolute atomic E-state index is 0.220. The van der Waals surface area contributed by atoms with Crippen molar-refractivity contribution in [3.63, 3.8) is 0 Å². The summed E-state index contributed by atoms with van der Waals surface area (Å²) in [6.07, 6.45) is 7.73. The van der Waals surface area contributed by atoms with Gasteiger partial charge < -0.3 is 4.90 Å². The first kappa shape index (κ1) is 11.2. The number of carbonyl (C=O) groups is 1. The number of carbonyl (C=O) groups excluding carboxylic acids is 1. The summed E-state index contributed by atoms with van der Waals surface area (Å²) in [5.74, 6) is 0.220. The van der Waals surface area contributed by atoms with Crippen LogP contribution >= 0.6 is 11.3 Å². The Morgan fingerprint density at radius 2 is 2.16 bits per heavy atom. The lowest BCUT2D eigenvalue weighted by atomic mass is 10.1. The normalized spacial score (nSPS) is 25.2. The standard InChI is InChI=1S/C16H15NOS/c18-16(17-12-5-3-6-13(17)9-8-12)15-10-11-4-1-2-7-14(11)19-15/h1-5,7,10,12-13H,6,8-9H2/t12-,13-/m0/s1. The zero-order valence-electron chi connectivity index (χ0n) is 10.6. The number of fused-ring (bicyclic) bond motifs is 3. The van der Waals surface area contributed by atoms with Gasteiger partial charge in [-0.15, -0.1) is 11.3 Å². The van der Waals surface area contributed by atoms with Crippen LogP contribution in [0.4, 0.5) is 0 Å². The molecule has 0 radical (unpaired) electrons. The van der Waals surface area contributed by atoms with Gasteiger partial charge in [0.2, 0.25) is 0 Å². The first-order valence-electron chi connectivity index (χ1n) is 6.81. The number of amides is 1. The Bertz CT molecular complexity index is 639. The summed E-state index contributed by atoms with van der Waals surface area (Å²) in [5, 5.41) is 1.18. The lowest BCUT2D eigenvalue weighted by molar-refractivity contribution is 0.0694. The summed E-state index contributed by atoms with van der Waals surface area (Å²) in [4.78, 5) is 15.7. The Balaban J connectivity index is 1.72. The maximum atomic E-state index is 12.7.